The van der Waals surface area contributed by atoms with Crippen LogP contribution in [0.5, 0.6) is 0 Å². The van der Waals surface area contributed by atoms with E-state index in [1.54, 1.807) is 12.1 Å². The van der Waals surface area contributed by atoms with Crippen molar-refractivity contribution in [2.45, 2.75) is 13.0 Å². The smallest absolute Gasteiger partial charge is 0.271 e. The molecule has 1 saturated heterocycles. The summed E-state index contributed by atoms with van der Waals surface area (Å²) in [6.45, 7) is 5.51. The highest BCUT2D eigenvalue weighted by atomic mass is 16.6. The van der Waals surface area contributed by atoms with E-state index in [1.807, 2.05) is 6.07 Å². The molecule has 1 aliphatic heterocycles. The van der Waals surface area contributed by atoms with Gasteiger partial charge in [0.25, 0.3) is 5.69 Å². The van der Waals surface area contributed by atoms with E-state index in [0.717, 1.165) is 32.7 Å². The number of carbonyl (C=O) groups is 1. The molecule has 0 unspecified atom stereocenters. The predicted molar refractivity (Wildman–Crippen MR) is 105 cm³/mol. The van der Waals surface area contributed by atoms with E-state index in [0.29, 0.717) is 18.7 Å². The monoisotopic (exact) mass is 368 g/mol. The number of rotatable bonds is 7. The molecule has 1 aliphatic rings. The van der Waals surface area contributed by atoms with Crippen LogP contribution in [-0.2, 0) is 11.3 Å². The van der Waals surface area contributed by atoms with Crippen LogP contribution >= 0.6 is 0 Å². The Kier molecular flexibility index (Phi) is 6.51. The Bertz CT molecular complexity index is 774. The summed E-state index contributed by atoms with van der Waals surface area (Å²) in [6.07, 6.45) is 0.376. The molecule has 0 radical (unpaired) electrons. The minimum absolute atomic E-state index is 0.0256. The summed E-state index contributed by atoms with van der Waals surface area (Å²) >= 11 is 0. The SMILES string of the molecule is O=C(CCN1CCN(Cc2ccccc2)CC1)Nc1cccc([N+](=O)[O-])c1. The lowest BCUT2D eigenvalue weighted by Gasteiger charge is -2.34. The lowest BCUT2D eigenvalue weighted by Crippen LogP contribution is -2.46. The fourth-order valence-electron chi connectivity index (χ4n) is 3.19. The lowest BCUT2D eigenvalue weighted by atomic mass is 10.2. The lowest BCUT2D eigenvalue weighted by molar-refractivity contribution is -0.384. The molecule has 0 aromatic heterocycles. The number of piperazine rings is 1. The summed E-state index contributed by atoms with van der Waals surface area (Å²) in [5, 5.41) is 13.5. The number of nitrogens with zero attached hydrogens (tertiary/aromatic N) is 3. The predicted octanol–water partition coefficient (Wildman–Crippen LogP) is 2.74. The molecular formula is C20H24N4O3. The molecule has 0 atom stereocenters. The molecule has 1 amide bonds. The van der Waals surface area contributed by atoms with Crippen LogP contribution in [0.1, 0.15) is 12.0 Å². The van der Waals surface area contributed by atoms with E-state index in [1.165, 1.54) is 17.7 Å². The van der Waals surface area contributed by atoms with Gasteiger partial charge in [0.15, 0.2) is 0 Å². The largest absolute Gasteiger partial charge is 0.326 e. The van der Waals surface area contributed by atoms with Crippen LogP contribution in [0.15, 0.2) is 54.6 Å². The van der Waals surface area contributed by atoms with Crippen LogP contribution < -0.4 is 5.32 Å². The van der Waals surface area contributed by atoms with Crippen molar-refractivity contribution in [2.24, 2.45) is 0 Å². The summed E-state index contributed by atoms with van der Waals surface area (Å²) < 4.78 is 0. The normalized spacial score (nSPS) is 15.4. The number of carbonyl (C=O) groups excluding carboxylic acids is 1. The van der Waals surface area contributed by atoms with E-state index in [9.17, 15) is 14.9 Å². The van der Waals surface area contributed by atoms with E-state index < -0.39 is 4.92 Å². The van der Waals surface area contributed by atoms with Crippen LogP contribution in [0.2, 0.25) is 0 Å². The zero-order chi connectivity index (χ0) is 19.1. The van der Waals surface area contributed by atoms with Gasteiger partial charge in [0.2, 0.25) is 5.91 Å². The molecule has 2 aromatic rings. The van der Waals surface area contributed by atoms with Gasteiger partial charge in [-0.15, -0.1) is 0 Å². The second-order valence-electron chi connectivity index (χ2n) is 6.71. The Morgan fingerprint density at radius 3 is 2.41 bits per heavy atom. The van der Waals surface area contributed by atoms with Crippen LogP contribution in [0.4, 0.5) is 11.4 Å². The Morgan fingerprint density at radius 2 is 1.70 bits per heavy atom. The van der Waals surface area contributed by atoms with Crippen molar-refractivity contribution in [3.63, 3.8) is 0 Å². The van der Waals surface area contributed by atoms with Gasteiger partial charge >= 0.3 is 0 Å². The van der Waals surface area contributed by atoms with Gasteiger partial charge in [-0.3, -0.25) is 19.8 Å². The maximum atomic E-state index is 12.1. The zero-order valence-corrected chi connectivity index (χ0v) is 15.2. The third-order valence-electron chi connectivity index (χ3n) is 4.71. The van der Waals surface area contributed by atoms with Gasteiger partial charge in [-0.1, -0.05) is 36.4 Å². The zero-order valence-electron chi connectivity index (χ0n) is 15.2. The molecule has 142 valence electrons. The topological polar surface area (TPSA) is 78.7 Å². The van der Waals surface area contributed by atoms with Crippen molar-refractivity contribution in [3.8, 4) is 0 Å². The molecule has 27 heavy (non-hydrogen) atoms. The number of nitro benzene ring substituents is 1. The summed E-state index contributed by atoms with van der Waals surface area (Å²) in [5.74, 6) is -0.123. The third kappa shape index (κ3) is 5.87. The van der Waals surface area contributed by atoms with Gasteiger partial charge in [0.1, 0.15) is 0 Å². The molecule has 0 saturated carbocycles. The second-order valence-corrected chi connectivity index (χ2v) is 6.71. The van der Waals surface area contributed by atoms with Crippen molar-refractivity contribution >= 4 is 17.3 Å². The van der Waals surface area contributed by atoms with Gasteiger partial charge in [-0.2, -0.15) is 0 Å². The first-order chi connectivity index (χ1) is 13.1. The van der Waals surface area contributed by atoms with Crippen molar-refractivity contribution in [1.82, 2.24) is 9.80 Å². The molecule has 0 bridgehead atoms. The standard InChI is InChI=1S/C20H24N4O3/c25-20(21-18-7-4-8-19(15-18)24(26)27)9-10-22-11-13-23(14-12-22)16-17-5-2-1-3-6-17/h1-8,15H,9-14,16H2,(H,21,25). The second kappa shape index (κ2) is 9.25. The molecular weight excluding hydrogens is 344 g/mol. The van der Waals surface area contributed by atoms with Gasteiger partial charge in [-0.05, 0) is 11.6 Å². The molecule has 0 spiro atoms. The molecule has 7 nitrogen and oxygen atoms in total. The van der Waals surface area contributed by atoms with Crippen LogP contribution in [0, 0.1) is 10.1 Å². The Labute approximate surface area is 158 Å². The average Bonchev–Trinajstić information content (AvgIpc) is 2.68. The van der Waals surface area contributed by atoms with Crippen molar-refractivity contribution in [1.29, 1.82) is 0 Å². The van der Waals surface area contributed by atoms with Crippen LogP contribution in [0.3, 0.4) is 0 Å². The van der Waals surface area contributed by atoms with E-state index in [-0.39, 0.29) is 11.6 Å². The molecule has 1 heterocycles. The highest BCUT2D eigenvalue weighted by Crippen LogP contribution is 2.17. The van der Waals surface area contributed by atoms with Crippen molar-refractivity contribution in [2.75, 3.05) is 38.0 Å². The van der Waals surface area contributed by atoms with E-state index >= 15 is 0 Å². The number of hydrogen-bond acceptors (Lipinski definition) is 5. The number of nitro groups is 1. The number of hydrogen-bond donors (Lipinski definition) is 1. The minimum atomic E-state index is -0.468. The summed E-state index contributed by atoms with van der Waals surface area (Å²) in [6, 6.07) is 16.4. The number of nitrogens with one attached hydrogen (secondary N) is 1. The fraction of sp³-hybridized carbons (Fsp3) is 0.350. The Hall–Kier alpha value is -2.77. The molecule has 7 heteroatoms. The number of amides is 1. The van der Waals surface area contributed by atoms with Crippen LogP contribution in [-0.4, -0.2) is 53.4 Å². The van der Waals surface area contributed by atoms with Gasteiger partial charge < -0.3 is 10.2 Å². The summed E-state index contributed by atoms with van der Waals surface area (Å²) in [4.78, 5) is 27.2. The first-order valence-electron chi connectivity index (χ1n) is 9.13. The molecule has 2 aromatic carbocycles. The van der Waals surface area contributed by atoms with Crippen molar-refractivity contribution in [3.05, 3.63) is 70.3 Å². The average molecular weight is 368 g/mol. The number of anilines is 1. The van der Waals surface area contributed by atoms with Gasteiger partial charge in [-0.25, -0.2) is 0 Å². The third-order valence-corrected chi connectivity index (χ3v) is 4.71. The summed E-state index contributed by atoms with van der Waals surface area (Å²) in [5.41, 5.74) is 1.76. The molecule has 1 fully saturated rings. The minimum Gasteiger partial charge on any atom is -0.326 e. The molecule has 1 N–H and O–H groups in total. The Balaban J connectivity index is 1.39. The number of non-ortho nitro benzene ring substituents is 1. The highest BCUT2D eigenvalue weighted by Gasteiger charge is 2.17. The van der Waals surface area contributed by atoms with Crippen LogP contribution in [0.25, 0.3) is 0 Å². The summed E-state index contributed by atoms with van der Waals surface area (Å²) in [7, 11) is 0. The Morgan fingerprint density at radius 1 is 1.00 bits per heavy atom. The fourth-order valence-corrected chi connectivity index (χ4v) is 3.19. The first-order valence-corrected chi connectivity index (χ1v) is 9.13. The quantitative estimate of drug-likeness (QED) is 0.600. The number of benzene rings is 2. The van der Waals surface area contributed by atoms with E-state index in [4.69, 9.17) is 0 Å². The maximum absolute atomic E-state index is 12.1. The molecule has 3 rings (SSSR count). The van der Waals surface area contributed by atoms with Gasteiger partial charge in [0, 0.05) is 63.5 Å². The highest BCUT2D eigenvalue weighted by molar-refractivity contribution is 5.91. The van der Waals surface area contributed by atoms with Crippen molar-refractivity contribution < 1.29 is 9.72 Å². The first kappa shape index (κ1) is 19.0. The molecule has 0 aliphatic carbocycles. The van der Waals surface area contributed by atoms with E-state index in [2.05, 4.69) is 39.4 Å². The van der Waals surface area contributed by atoms with Gasteiger partial charge in [0.05, 0.1) is 4.92 Å². The maximum Gasteiger partial charge on any atom is 0.271 e.